The lowest BCUT2D eigenvalue weighted by molar-refractivity contribution is -0.136. The van der Waals surface area contributed by atoms with Crippen LogP contribution in [0.5, 0.6) is 0 Å². The van der Waals surface area contributed by atoms with E-state index in [0.29, 0.717) is 17.8 Å². The smallest absolute Gasteiger partial charge is 0.229 e. The van der Waals surface area contributed by atoms with Crippen LogP contribution < -0.4 is 10.6 Å². The maximum atomic E-state index is 12.9. The molecule has 2 aliphatic rings. The van der Waals surface area contributed by atoms with Gasteiger partial charge in [0.1, 0.15) is 5.78 Å². The number of amides is 2. The van der Waals surface area contributed by atoms with Crippen LogP contribution in [0.4, 0.5) is 5.69 Å². The monoisotopic (exact) mass is 360 g/mol. The first-order valence-corrected chi connectivity index (χ1v) is 9.07. The van der Waals surface area contributed by atoms with Crippen LogP contribution in [0, 0.1) is 11.8 Å². The SMILES string of the molecule is O=C1C[C@H](C(=O)Nc2ccccc2)[C@@H]2C(=O)C[C@@H](c3ccccc3)C=C2N1. The Labute approximate surface area is 157 Å². The number of fused-ring (bicyclic) bond motifs is 1. The van der Waals surface area contributed by atoms with Gasteiger partial charge in [0.2, 0.25) is 11.8 Å². The highest BCUT2D eigenvalue weighted by Crippen LogP contribution is 2.38. The molecule has 5 nitrogen and oxygen atoms in total. The molecule has 0 saturated carbocycles. The Hall–Kier alpha value is -3.21. The van der Waals surface area contributed by atoms with E-state index in [0.717, 1.165) is 5.56 Å². The van der Waals surface area contributed by atoms with Crippen LogP contribution in [0.25, 0.3) is 0 Å². The van der Waals surface area contributed by atoms with Crippen molar-refractivity contribution in [2.24, 2.45) is 11.8 Å². The quantitative estimate of drug-likeness (QED) is 0.883. The van der Waals surface area contributed by atoms with E-state index in [9.17, 15) is 14.4 Å². The standard InChI is InChI=1S/C22H20N2O3/c25-19-12-15(14-7-3-1-4-8-14)11-18-21(19)17(13-20(26)24-18)22(27)23-16-9-5-2-6-10-16/h1-11,15,17,21H,12-13H2,(H,23,27)(H,24,26)/t15-,17-,21-/m0/s1. The number of allylic oxidation sites excluding steroid dienone is 2. The first-order chi connectivity index (χ1) is 13.1. The lowest BCUT2D eigenvalue weighted by atomic mass is 9.72. The van der Waals surface area contributed by atoms with Gasteiger partial charge in [-0.25, -0.2) is 0 Å². The molecule has 0 spiro atoms. The molecule has 1 aliphatic carbocycles. The highest BCUT2D eigenvalue weighted by Gasteiger charge is 2.44. The molecule has 27 heavy (non-hydrogen) atoms. The van der Waals surface area contributed by atoms with E-state index in [1.807, 2.05) is 54.6 Å². The summed E-state index contributed by atoms with van der Waals surface area (Å²) in [5.74, 6) is -1.89. The van der Waals surface area contributed by atoms with Crippen molar-refractivity contribution in [2.75, 3.05) is 5.32 Å². The Morgan fingerprint density at radius 3 is 2.30 bits per heavy atom. The van der Waals surface area contributed by atoms with Crippen LogP contribution in [-0.2, 0) is 14.4 Å². The number of nitrogens with one attached hydrogen (secondary N) is 2. The van der Waals surface area contributed by atoms with Crippen molar-refractivity contribution in [3.05, 3.63) is 78.0 Å². The second-order valence-corrected chi connectivity index (χ2v) is 7.00. The molecule has 5 heteroatoms. The van der Waals surface area contributed by atoms with Crippen molar-refractivity contribution in [3.63, 3.8) is 0 Å². The van der Waals surface area contributed by atoms with Crippen LogP contribution in [0.2, 0.25) is 0 Å². The molecule has 0 aromatic heterocycles. The zero-order valence-corrected chi connectivity index (χ0v) is 14.7. The van der Waals surface area contributed by atoms with Gasteiger partial charge in [-0.05, 0) is 17.7 Å². The molecular formula is C22H20N2O3. The zero-order valence-electron chi connectivity index (χ0n) is 14.7. The van der Waals surface area contributed by atoms with Crippen LogP contribution in [0.1, 0.15) is 24.3 Å². The van der Waals surface area contributed by atoms with Gasteiger partial charge in [0.25, 0.3) is 0 Å². The Bertz CT molecular complexity index is 906. The largest absolute Gasteiger partial charge is 0.329 e. The summed E-state index contributed by atoms with van der Waals surface area (Å²) in [7, 11) is 0. The molecule has 0 radical (unpaired) electrons. The Morgan fingerprint density at radius 1 is 0.926 bits per heavy atom. The molecule has 2 amide bonds. The lowest BCUT2D eigenvalue weighted by Crippen LogP contribution is -2.48. The summed E-state index contributed by atoms with van der Waals surface area (Å²) >= 11 is 0. The first-order valence-electron chi connectivity index (χ1n) is 9.07. The number of Topliss-reactive ketones (excluding diaryl/α,β-unsaturated/α-hetero) is 1. The summed E-state index contributed by atoms with van der Waals surface area (Å²) < 4.78 is 0. The highest BCUT2D eigenvalue weighted by molar-refractivity contribution is 6.02. The second-order valence-electron chi connectivity index (χ2n) is 7.00. The average molecular weight is 360 g/mol. The molecule has 2 aromatic rings. The minimum absolute atomic E-state index is 0.00503. The first kappa shape index (κ1) is 17.2. The molecule has 1 fully saturated rings. The maximum absolute atomic E-state index is 12.9. The molecule has 4 rings (SSSR count). The minimum atomic E-state index is -0.686. The fraction of sp³-hybridized carbons (Fsp3) is 0.227. The van der Waals surface area contributed by atoms with Gasteiger partial charge >= 0.3 is 0 Å². The molecule has 0 bridgehead atoms. The third kappa shape index (κ3) is 3.53. The van der Waals surface area contributed by atoms with Gasteiger partial charge in [-0.2, -0.15) is 0 Å². The van der Waals surface area contributed by atoms with Gasteiger partial charge in [0.15, 0.2) is 0 Å². The van der Waals surface area contributed by atoms with E-state index in [1.165, 1.54) is 0 Å². The molecule has 3 atom stereocenters. The Kier molecular flexibility index (Phi) is 4.59. The minimum Gasteiger partial charge on any atom is -0.329 e. The predicted octanol–water partition coefficient (Wildman–Crippen LogP) is 3.02. The number of piperidine rings is 1. The van der Waals surface area contributed by atoms with Crippen molar-refractivity contribution in [1.29, 1.82) is 0 Å². The molecule has 1 saturated heterocycles. The van der Waals surface area contributed by atoms with Crippen molar-refractivity contribution in [3.8, 4) is 0 Å². The highest BCUT2D eigenvalue weighted by atomic mass is 16.2. The summed E-state index contributed by atoms with van der Waals surface area (Å²) in [5, 5.41) is 5.65. The average Bonchev–Trinajstić information content (AvgIpc) is 2.68. The number of hydrogen-bond acceptors (Lipinski definition) is 3. The van der Waals surface area contributed by atoms with Gasteiger partial charge in [-0.15, -0.1) is 0 Å². The fourth-order valence-corrected chi connectivity index (χ4v) is 3.90. The topological polar surface area (TPSA) is 75.3 Å². The summed E-state index contributed by atoms with van der Waals surface area (Å²) in [6, 6.07) is 18.8. The maximum Gasteiger partial charge on any atom is 0.229 e. The summed E-state index contributed by atoms with van der Waals surface area (Å²) in [5.41, 5.74) is 2.25. The number of para-hydroxylation sites is 1. The molecule has 2 aromatic carbocycles. The third-order valence-electron chi connectivity index (χ3n) is 5.18. The molecular weight excluding hydrogens is 340 g/mol. The molecule has 136 valence electrons. The van der Waals surface area contributed by atoms with Crippen LogP contribution in [-0.4, -0.2) is 17.6 Å². The van der Waals surface area contributed by atoms with Crippen LogP contribution in [0.15, 0.2) is 72.4 Å². The number of benzene rings is 2. The summed E-state index contributed by atoms with van der Waals surface area (Å²) in [4.78, 5) is 37.9. The van der Waals surface area contributed by atoms with E-state index < -0.39 is 11.8 Å². The van der Waals surface area contributed by atoms with Crippen molar-refractivity contribution in [2.45, 2.75) is 18.8 Å². The number of anilines is 1. The summed E-state index contributed by atoms with van der Waals surface area (Å²) in [6.45, 7) is 0. The van der Waals surface area contributed by atoms with Crippen molar-refractivity contribution >= 4 is 23.3 Å². The van der Waals surface area contributed by atoms with Gasteiger partial charge in [-0.3, -0.25) is 14.4 Å². The Balaban J connectivity index is 1.61. The molecule has 2 N–H and O–H groups in total. The number of carbonyl (C=O) groups excluding carboxylic acids is 3. The normalized spacial score (nSPS) is 24.4. The van der Waals surface area contributed by atoms with Gasteiger partial charge in [0, 0.05) is 30.1 Å². The van der Waals surface area contributed by atoms with Crippen molar-refractivity contribution in [1.82, 2.24) is 5.32 Å². The van der Waals surface area contributed by atoms with E-state index in [1.54, 1.807) is 12.1 Å². The number of carbonyl (C=O) groups is 3. The van der Waals surface area contributed by atoms with Gasteiger partial charge in [-0.1, -0.05) is 54.6 Å². The summed E-state index contributed by atoms with van der Waals surface area (Å²) in [6.07, 6.45) is 2.28. The number of ketones is 1. The predicted molar refractivity (Wildman–Crippen MR) is 102 cm³/mol. The second kappa shape index (κ2) is 7.19. The number of rotatable bonds is 3. The lowest BCUT2D eigenvalue weighted by Gasteiger charge is -2.36. The molecule has 0 unspecified atom stereocenters. The van der Waals surface area contributed by atoms with Gasteiger partial charge in [0.05, 0.1) is 11.8 Å². The van der Waals surface area contributed by atoms with Crippen molar-refractivity contribution < 1.29 is 14.4 Å². The number of hydrogen-bond donors (Lipinski definition) is 2. The third-order valence-corrected chi connectivity index (χ3v) is 5.18. The molecule has 1 aliphatic heterocycles. The van der Waals surface area contributed by atoms with Gasteiger partial charge < -0.3 is 10.6 Å². The van der Waals surface area contributed by atoms with Crippen LogP contribution in [0.3, 0.4) is 0 Å². The zero-order chi connectivity index (χ0) is 18.8. The molecule has 1 heterocycles. The van der Waals surface area contributed by atoms with E-state index in [-0.39, 0.29) is 29.9 Å². The van der Waals surface area contributed by atoms with E-state index >= 15 is 0 Å². The van der Waals surface area contributed by atoms with Crippen LogP contribution >= 0.6 is 0 Å². The van der Waals surface area contributed by atoms with E-state index in [4.69, 9.17) is 0 Å². The fourth-order valence-electron chi connectivity index (χ4n) is 3.90. The van der Waals surface area contributed by atoms with E-state index in [2.05, 4.69) is 10.6 Å². The Morgan fingerprint density at radius 2 is 1.59 bits per heavy atom.